The minimum Gasteiger partial charge on any atom is -0.361 e. The molecule has 2 nitrogen and oxygen atoms in total. The van der Waals surface area contributed by atoms with Crippen LogP contribution in [0.1, 0.15) is 0 Å². The standard InChI is InChI=1S/C14H19Cl2NOSi/c1-19(2,3)7-6-18-10-17-5-4-12-13(16)8-11(15)9-14(12)17/h4-5,8-9H,6-7,10H2,1-3H3. The number of fused-ring (bicyclic) bond motifs is 1. The zero-order valence-corrected chi connectivity index (χ0v) is 14.1. The molecule has 0 atom stereocenters. The molecule has 0 aliphatic heterocycles. The second-order valence-electron chi connectivity index (χ2n) is 5.95. The molecule has 0 saturated heterocycles. The lowest BCUT2D eigenvalue weighted by Gasteiger charge is -2.15. The van der Waals surface area contributed by atoms with Crippen LogP contribution in [0, 0.1) is 0 Å². The summed E-state index contributed by atoms with van der Waals surface area (Å²) in [5, 5.41) is 2.35. The van der Waals surface area contributed by atoms with Gasteiger partial charge >= 0.3 is 0 Å². The Bertz CT molecular complexity index is 575. The number of rotatable bonds is 5. The van der Waals surface area contributed by atoms with Gasteiger partial charge in [-0.25, -0.2) is 0 Å². The van der Waals surface area contributed by atoms with E-state index >= 15 is 0 Å². The van der Waals surface area contributed by atoms with Crippen LogP contribution in [0.15, 0.2) is 24.4 Å². The van der Waals surface area contributed by atoms with Crippen LogP contribution in [0.4, 0.5) is 0 Å². The number of ether oxygens (including phenoxy) is 1. The van der Waals surface area contributed by atoms with E-state index in [9.17, 15) is 0 Å². The molecule has 1 heterocycles. The third kappa shape index (κ3) is 3.99. The first-order chi connectivity index (χ1) is 8.87. The zero-order valence-electron chi connectivity index (χ0n) is 11.5. The van der Waals surface area contributed by atoms with Crippen molar-refractivity contribution in [1.29, 1.82) is 0 Å². The highest BCUT2D eigenvalue weighted by molar-refractivity contribution is 6.76. The summed E-state index contributed by atoms with van der Waals surface area (Å²) in [5.74, 6) is 0. The molecule has 1 aromatic heterocycles. The molecule has 0 N–H and O–H groups in total. The molecule has 0 spiro atoms. The molecule has 0 aliphatic carbocycles. The molecule has 0 fully saturated rings. The molecule has 0 aliphatic rings. The normalized spacial score (nSPS) is 12.3. The third-order valence-electron chi connectivity index (χ3n) is 3.03. The van der Waals surface area contributed by atoms with E-state index in [4.69, 9.17) is 27.9 Å². The van der Waals surface area contributed by atoms with Crippen molar-refractivity contribution in [2.24, 2.45) is 0 Å². The smallest absolute Gasteiger partial charge is 0.122 e. The summed E-state index contributed by atoms with van der Waals surface area (Å²) < 4.78 is 7.79. The predicted molar refractivity (Wildman–Crippen MR) is 86.1 cm³/mol. The van der Waals surface area contributed by atoms with Gasteiger partial charge in [0.1, 0.15) is 6.73 Å². The van der Waals surface area contributed by atoms with E-state index in [1.54, 1.807) is 6.07 Å². The number of benzene rings is 1. The maximum Gasteiger partial charge on any atom is 0.122 e. The number of hydrogen-bond acceptors (Lipinski definition) is 1. The molecule has 0 radical (unpaired) electrons. The number of nitrogens with zero attached hydrogens (tertiary/aromatic N) is 1. The topological polar surface area (TPSA) is 14.2 Å². The van der Waals surface area contributed by atoms with Gasteiger partial charge in [0.25, 0.3) is 0 Å². The van der Waals surface area contributed by atoms with Crippen molar-refractivity contribution in [3.05, 3.63) is 34.4 Å². The van der Waals surface area contributed by atoms with Crippen molar-refractivity contribution in [1.82, 2.24) is 4.57 Å². The molecule has 0 bridgehead atoms. The van der Waals surface area contributed by atoms with Gasteiger partial charge in [0.2, 0.25) is 0 Å². The SMILES string of the molecule is C[Si](C)(C)CCOCn1ccc2c(Cl)cc(Cl)cc21. The quantitative estimate of drug-likeness (QED) is 0.542. The van der Waals surface area contributed by atoms with Crippen LogP contribution < -0.4 is 0 Å². The summed E-state index contributed by atoms with van der Waals surface area (Å²) in [4.78, 5) is 0. The number of halogens is 2. The Labute approximate surface area is 125 Å². The van der Waals surface area contributed by atoms with Gasteiger partial charge in [-0.2, -0.15) is 0 Å². The highest BCUT2D eigenvalue weighted by atomic mass is 35.5. The highest BCUT2D eigenvalue weighted by Gasteiger charge is 2.12. The summed E-state index contributed by atoms with van der Waals surface area (Å²) in [7, 11) is -1.03. The van der Waals surface area contributed by atoms with Crippen molar-refractivity contribution in [3.8, 4) is 0 Å². The van der Waals surface area contributed by atoms with Gasteiger partial charge < -0.3 is 9.30 Å². The molecular weight excluding hydrogens is 297 g/mol. The fourth-order valence-electron chi connectivity index (χ4n) is 1.87. The summed E-state index contributed by atoms with van der Waals surface area (Å²) in [6.07, 6.45) is 1.99. The Morgan fingerprint density at radius 3 is 2.63 bits per heavy atom. The van der Waals surface area contributed by atoms with Crippen LogP contribution in [0.3, 0.4) is 0 Å². The maximum absolute atomic E-state index is 6.16. The minimum absolute atomic E-state index is 0.546. The average molecular weight is 316 g/mol. The molecule has 19 heavy (non-hydrogen) atoms. The molecule has 104 valence electrons. The van der Waals surface area contributed by atoms with E-state index in [1.807, 2.05) is 22.9 Å². The van der Waals surface area contributed by atoms with E-state index in [1.165, 1.54) is 6.04 Å². The van der Waals surface area contributed by atoms with Crippen LogP contribution in [0.25, 0.3) is 10.9 Å². The molecule has 0 amide bonds. The van der Waals surface area contributed by atoms with E-state index in [0.29, 0.717) is 16.8 Å². The lowest BCUT2D eigenvalue weighted by atomic mass is 10.2. The van der Waals surface area contributed by atoms with Gasteiger partial charge in [-0.05, 0) is 24.2 Å². The lowest BCUT2D eigenvalue weighted by Crippen LogP contribution is -2.21. The highest BCUT2D eigenvalue weighted by Crippen LogP contribution is 2.28. The van der Waals surface area contributed by atoms with Crippen molar-refractivity contribution in [2.45, 2.75) is 32.4 Å². The molecule has 0 unspecified atom stereocenters. The Morgan fingerprint density at radius 2 is 1.95 bits per heavy atom. The van der Waals surface area contributed by atoms with Crippen molar-refractivity contribution in [3.63, 3.8) is 0 Å². The monoisotopic (exact) mass is 315 g/mol. The second-order valence-corrected chi connectivity index (χ2v) is 12.4. The molecule has 0 saturated carbocycles. The van der Waals surface area contributed by atoms with Gasteiger partial charge in [0, 0.05) is 31.3 Å². The second kappa shape index (κ2) is 5.88. The number of hydrogen-bond donors (Lipinski definition) is 0. The third-order valence-corrected chi connectivity index (χ3v) is 5.26. The molecule has 1 aromatic carbocycles. The minimum atomic E-state index is -1.03. The Hall–Kier alpha value is -0.483. The Kier molecular flexibility index (Phi) is 4.61. The largest absolute Gasteiger partial charge is 0.361 e. The van der Waals surface area contributed by atoms with Crippen LogP contribution in [0.2, 0.25) is 35.7 Å². The predicted octanol–water partition coefficient (Wildman–Crippen LogP) is 5.26. The maximum atomic E-state index is 6.16. The first-order valence-corrected chi connectivity index (χ1v) is 10.8. The Morgan fingerprint density at radius 1 is 1.21 bits per heavy atom. The van der Waals surface area contributed by atoms with Crippen LogP contribution in [-0.2, 0) is 11.5 Å². The average Bonchev–Trinajstić information content (AvgIpc) is 2.66. The molecule has 2 aromatic rings. The van der Waals surface area contributed by atoms with Crippen molar-refractivity contribution >= 4 is 42.2 Å². The van der Waals surface area contributed by atoms with Crippen molar-refractivity contribution < 1.29 is 4.74 Å². The first-order valence-electron chi connectivity index (χ1n) is 6.38. The zero-order chi connectivity index (χ0) is 14.0. The number of aromatic nitrogens is 1. The van der Waals surface area contributed by atoms with E-state index in [0.717, 1.165) is 17.5 Å². The molecule has 5 heteroatoms. The van der Waals surface area contributed by atoms with Crippen LogP contribution in [0.5, 0.6) is 0 Å². The molecule has 2 rings (SSSR count). The summed E-state index contributed by atoms with van der Waals surface area (Å²) in [5.41, 5.74) is 1.02. The van der Waals surface area contributed by atoms with Gasteiger partial charge in [-0.15, -0.1) is 0 Å². The summed E-state index contributed by atoms with van der Waals surface area (Å²) in [6, 6.07) is 6.86. The van der Waals surface area contributed by atoms with Gasteiger partial charge in [0.05, 0.1) is 10.5 Å². The van der Waals surface area contributed by atoms with E-state index in [-0.39, 0.29) is 0 Å². The van der Waals surface area contributed by atoms with E-state index in [2.05, 4.69) is 19.6 Å². The van der Waals surface area contributed by atoms with E-state index < -0.39 is 8.07 Å². The Balaban J connectivity index is 2.05. The fraction of sp³-hybridized carbons (Fsp3) is 0.429. The lowest BCUT2D eigenvalue weighted by molar-refractivity contribution is 0.0902. The van der Waals surface area contributed by atoms with Crippen molar-refractivity contribution in [2.75, 3.05) is 6.61 Å². The van der Waals surface area contributed by atoms with Gasteiger partial charge in [0.15, 0.2) is 0 Å². The molecular formula is C14H19Cl2NOSi. The fourth-order valence-corrected chi connectivity index (χ4v) is 3.17. The van der Waals surface area contributed by atoms with Crippen LogP contribution >= 0.6 is 23.2 Å². The van der Waals surface area contributed by atoms with Crippen LogP contribution in [-0.4, -0.2) is 19.2 Å². The summed E-state index contributed by atoms with van der Waals surface area (Å²) in [6.45, 7) is 8.40. The van der Waals surface area contributed by atoms with Gasteiger partial charge in [-0.3, -0.25) is 0 Å². The van der Waals surface area contributed by atoms with Gasteiger partial charge in [-0.1, -0.05) is 42.8 Å². The first kappa shape index (κ1) is 14.9. The summed E-state index contributed by atoms with van der Waals surface area (Å²) >= 11 is 12.2.